The second-order valence-electron chi connectivity index (χ2n) is 6.74. The normalized spacial score (nSPS) is 17.4. The summed E-state index contributed by atoms with van der Waals surface area (Å²) >= 11 is 0. The van der Waals surface area contributed by atoms with Crippen LogP contribution < -0.4 is 4.74 Å². The molecule has 0 spiro atoms. The molecular formula is C22H20F2N2O. The first-order valence-corrected chi connectivity index (χ1v) is 8.99. The third kappa shape index (κ3) is 3.77. The molecule has 0 amide bonds. The van der Waals surface area contributed by atoms with E-state index in [9.17, 15) is 8.78 Å². The SMILES string of the molecule is COc1ccc(F)cc1-c1ccc2[nH]c(C=CC3CC=C(F)CC3)nc2c1. The van der Waals surface area contributed by atoms with Gasteiger partial charge < -0.3 is 9.72 Å². The van der Waals surface area contributed by atoms with E-state index in [-0.39, 0.29) is 11.6 Å². The number of aromatic nitrogens is 2. The van der Waals surface area contributed by atoms with E-state index in [0.29, 0.717) is 23.7 Å². The van der Waals surface area contributed by atoms with Gasteiger partial charge in [-0.25, -0.2) is 13.8 Å². The summed E-state index contributed by atoms with van der Waals surface area (Å²) in [5.74, 6) is 1.38. The molecule has 5 heteroatoms. The highest BCUT2D eigenvalue weighted by molar-refractivity contribution is 5.84. The Balaban J connectivity index is 1.62. The van der Waals surface area contributed by atoms with E-state index >= 15 is 0 Å². The molecule has 1 aromatic heterocycles. The first-order valence-electron chi connectivity index (χ1n) is 8.99. The number of hydrogen-bond acceptors (Lipinski definition) is 2. The number of ether oxygens (including phenoxy) is 1. The molecule has 0 radical (unpaired) electrons. The minimum absolute atomic E-state index is 0.0105. The lowest BCUT2D eigenvalue weighted by Crippen LogP contribution is -2.00. The van der Waals surface area contributed by atoms with Crippen LogP contribution >= 0.6 is 0 Å². The number of H-pyrrole nitrogens is 1. The van der Waals surface area contributed by atoms with Gasteiger partial charge in [0.15, 0.2) is 0 Å². The maximum absolute atomic E-state index is 13.7. The summed E-state index contributed by atoms with van der Waals surface area (Å²) < 4.78 is 32.1. The van der Waals surface area contributed by atoms with Gasteiger partial charge in [0.05, 0.1) is 24.0 Å². The van der Waals surface area contributed by atoms with E-state index in [1.54, 1.807) is 19.3 Å². The van der Waals surface area contributed by atoms with Crippen LogP contribution in [-0.2, 0) is 0 Å². The van der Waals surface area contributed by atoms with Crippen molar-refractivity contribution in [2.75, 3.05) is 7.11 Å². The monoisotopic (exact) mass is 366 g/mol. The van der Waals surface area contributed by atoms with Crippen molar-refractivity contribution < 1.29 is 13.5 Å². The van der Waals surface area contributed by atoms with E-state index in [2.05, 4.69) is 16.0 Å². The van der Waals surface area contributed by atoms with Gasteiger partial charge in [0.25, 0.3) is 0 Å². The lowest BCUT2D eigenvalue weighted by molar-refractivity contribution is 0.415. The summed E-state index contributed by atoms with van der Waals surface area (Å²) in [4.78, 5) is 7.88. The fraction of sp³-hybridized carbons (Fsp3) is 0.227. The third-order valence-electron chi connectivity index (χ3n) is 4.90. The van der Waals surface area contributed by atoms with Gasteiger partial charge in [-0.1, -0.05) is 18.2 Å². The Hall–Kier alpha value is -2.95. The number of nitrogens with zero attached hydrogens (tertiary/aromatic N) is 1. The second-order valence-corrected chi connectivity index (χ2v) is 6.74. The van der Waals surface area contributed by atoms with Crippen molar-refractivity contribution in [3.63, 3.8) is 0 Å². The van der Waals surface area contributed by atoms with E-state index < -0.39 is 0 Å². The third-order valence-corrected chi connectivity index (χ3v) is 4.90. The van der Waals surface area contributed by atoms with Crippen LogP contribution in [0, 0.1) is 11.7 Å². The minimum atomic E-state index is -0.311. The molecule has 1 unspecified atom stereocenters. The van der Waals surface area contributed by atoms with Crippen molar-refractivity contribution in [2.45, 2.75) is 19.3 Å². The highest BCUT2D eigenvalue weighted by Crippen LogP contribution is 2.32. The number of fused-ring (bicyclic) bond motifs is 1. The minimum Gasteiger partial charge on any atom is -0.496 e. The number of halogens is 2. The topological polar surface area (TPSA) is 37.9 Å². The van der Waals surface area contributed by atoms with Crippen LogP contribution in [0.1, 0.15) is 25.1 Å². The van der Waals surface area contributed by atoms with Crippen LogP contribution in [0.15, 0.2) is 54.4 Å². The number of hydrogen-bond donors (Lipinski definition) is 1. The largest absolute Gasteiger partial charge is 0.496 e. The fourth-order valence-corrected chi connectivity index (χ4v) is 3.40. The Labute approximate surface area is 156 Å². The molecule has 1 atom stereocenters. The zero-order valence-corrected chi connectivity index (χ0v) is 15.0. The summed E-state index contributed by atoms with van der Waals surface area (Å²) in [7, 11) is 1.57. The van der Waals surface area contributed by atoms with E-state index in [1.807, 2.05) is 24.3 Å². The Morgan fingerprint density at radius 2 is 2.07 bits per heavy atom. The highest BCUT2D eigenvalue weighted by Gasteiger charge is 2.12. The average molecular weight is 366 g/mol. The molecule has 0 fully saturated rings. The van der Waals surface area contributed by atoms with Gasteiger partial charge in [-0.2, -0.15) is 0 Å². The number of allylic oxidation sites excluding steroid dienone is 3. The van der Waals surface area contributed by atoms with Crippen LogP contribution in [-0.4, -0.2) is 17.1 Å². The summed E-state index contributed by atoms with van der Waals surface area (Å²) in [6, 6.07) is 10.2. The van der Waals surface area contributed by atoms with Crippen molar-refractivity contribution >= 4 is 17.1 Å². The Morgan fingerprint density at radius 1 is 1.19 bits per heavy atom. The molecule has 1 aliphatic carbocycles. The Kier molecular flexibility index (Phi) is 4.75. The van der Waals surface area contributed by atoms with Gasteiger partial charge in [-0.15, -0.1) is 0 Å². The molecule has 1 heterocycles. The second kappa shape index (κ2) is 7.35. The van der Waals surface area contributed by atoms with Crippen LogP contribution in [0.4, 0.5) is 8.78 Å². The van der Waals surface area contributed by atoms with Crippen LogP contribution in [0.2, 0.25) is 0 Å². The number of nitrogens with one attached hydrogen (secondary N) is 1. The van der Waals surface area contributed by atoms with Gasteiger partial charge >= 0.3 is 0 Å². The van der Waals surface area contributed by atoms with E-state index in [1.165, 1.54) is 12.1 Å². The number of benzene rings is 2. The summed E-state index contributed by atoms with van der Waals surface area (Å²) in [6.45, 7) is 0. The molecule has 1 aliphatic rings. The van der Waals surface area contributed by atoms with Crippen LogP contribution in [0.5, 0.6) is 5.75 Å². The molecule has 0 aliphatic heterocycles. The Morgan fingerprint density at radius 3 is 2.85 bits per heavy atom. The van der Waals surface area contributed by atoms with Crippen LogP contribution in [0.25, 0.3) is 28.2 Å². The maximum Gasteiger partial charge on any atom is 0.130 e. The fourth-order valence-electron chi connectivity index (χ4n) is 3.40. The average Bonchev–Trinajstić information content (AvgIpc) is 3.09. The standard InChI is InChI=1S/C22H20F2N2O/c1-27-21-10-8-17(24)13-18(21)15-5-9-19-20(12-15)26-22(25-19)11-4-14-2-6-16(23)7-3-14/h4-6,8-14H,2-3,7H2,1H3,(H,25,26). The zero-order chi connectivity index (χ0) is 18.8. The quantitative estimate of drug-likeness (QED) is 0.611. The summed E-state index contributed by atoms with van der Waals surface area (Å²) in [6.07, 6.45) is 7.75. The molecule has 27 heavy (non-hydrogen) atoms. The molecule has 0 saturated carbocycles. The Bertz CT molecular complexity index is 1040. The number of aromatic amines is 1. The summed E-state index contributed by atoms with van der Waals surface area (Å²) in [5, 5.41) is 0. The summed E-state index contributed by atoms with van der Waals surface area (Å²) in [5.41, 5.74) is 3.24. The van der Waals surface area contributed by atoms with Gasteiger partial charge in [0.1, 0.15) is 17.4 Å². The molecule has 3 nitrogen and oxygen atoms in total. The van der Waals surface area contributed by atoms with Crippen molar-refractivity contribution in [2.24, 2.45) is 5.92 Å². The zero-order valence-electron chi connectivity index (χ0n) is 15.0. The molecule has 138 valence electrons. The van der Waals surface area contributed by atoms with Crippen molar-refractivity contribution in [1.29, 1.82) is 0 Å². The maximum atomic E-state index is 13.7. The highest BCUT2D eigenvalue weighted by atomic mass is 19.1. The smallest absolute Gasteiger partial charge is 0.130 e. The number of methoxy groups -OCH3 is 1. The molecular weight excluding hydrogens is 346 g/mol. The first kappa shape index (κ1) is 17.5. The van der Waals surface area contributed by atoms with Gasteiger partial charge in [-0.3, -0.25) is 0 Å². The van der Waals surface area contributed by atoms with Gasteiger partial charge in [-0.05, 0) is 67.2 Å². The first-order chi connectivity index (χ1) is 13.1. The molecule has 4 rings (SSSR count). The lowest BCUT2D eigenvalue weighted by Gasteiger charge is -2.14. The van der Waals surface area contributed by atoms with Crippen molar-refractivity contribution in [1.82, 2.24) is 9.97 Å². The number of imidazole rings is 1. The predicted octanol–water partition coefficient (Wildman–Crippen LogP) is 6.04. The van der Waals surface area contributed by atoms with Gasteiger partial charge in [0.2, 0.25) is 0 Å². The molecule has 0 saturated heterocycles. The lowest BCUT2D eigenvalue weighted by atomic mass is 9.93. The van der Waals surface area contributed by atoms with Crippen LogP contribution in [0.3, 0.4) is 0 Å². The van der Waals surface area contributed by atoms with E-state index in [0.717, 1.165) is 35.3 Å². The molecule has 2 aromatic carbocycles. The molecule has 3 aromatic rings. The van der Waals surface area contributed by atoms with Crippen molar-refractivity contribution in [3.8, 4) is 16.9 Å². The van der Waals surface area contributed by atoms with E-state index in [4.69, 9.17) is 4.74 Å². The number of rotatable bonds is 4. The van der Waals surface area contributed by atoms with Crippen molar-refractivity contribution in [3.05, 3.63) is 66.0 Å². The van der Waals surface area contributed by atoms with Gasteiger partial charge in [0, 0.05) is 5.56 Å². The molecule has 0 bridgehead atoms. The predicted molar refractivity (Wildman–Crippen MR) is 104 cm³/mol. The molecule has 1 N–H and O–H groups in total.